The molecule has 4 nitrogen and oxygen atoms in total. The summed E-state index contributed by atoms with van der Waals surface area (Å²) in [6, 6.07) is 0. The molecule has 1 heterocycles. The maximum atomic E-state index is 11.0. The van der Waals surface area contributed by atoms with Crippen LogP contribution < -0.4 is 0 Å². The third-order valence-corrected chi connectivity index (χ3v) is 3.77. The molecule has 0 aromatic rings. The van der Waals surface area contributed by atoms with E-state index >= 15 is 0 Å². The van der Waals surface area contributed by atoms with Gasteiger partial charge in [0.2, 0.25) is 0 Å². The van der Waals surface area contributed by atoms with Crippen molar-refractivity contribution in [1.29, 1.82) is 0 Å². The Kier molecular flexibility index (Phi) is 2.58. The van der Waals surface area contributed by atoms with Gasteiger partial charge in [-0.15, -0.1) is 0 Å². The SMILES string of the molecule is O=S1(=O)OC[C@@H]2CCCC[C@H]2CO1. The van der Waals surface area contributed by atoms with Gasteiger partial charge >= 0.3 is 10.4 Å². The Balaban J connectivity index is 2.07. The molecule has 13 heavy (non-hydrogen) atoms. The van der Waals surface area contributed by atoms with E-state index in [1.165, 1.54) is 12.8 Å². The van der Waals surface area contributed by atoms with Gasteiger partial charge in [0.25, 0.3) is 0 Å². The maximum absolute atomic E-state index is 11.0. The van der Waals surface area contributed by atoms with E-state index in [0.29, 0.717) is 25.0 Å². The lowest BCUT2D eigenvalue weighted by Gasteiger charge is -2.27. The average molecular weight is 206 g/mol. The van der Waals surface area contributed by atoms with Gasteiger partial charge in [0.1, 0.15) is 0 Å². The van der Waals surface area contributed by atoms with Gasteiger partial charge < -0.3 is 0 Å². The van der Waals surface area contributed by atoms with Crippen LogP contribution in [0.1, 0.15) is 25.7 Å². The van der Waals surface area contributed by atoms with Crippen LogP contribution in [-0.2, 0) is 18.8 Å². The largest absolute Gasteiger partial charge is 0.399 e. The number of fused-ring (bicyclic) bond motifs is 1. The molecule has 2 atom stereocenters. The van der Waals surface area contributed by atoms with Crippen molar-refractivity contribution in [3.05, 3.63) is 0 Å². The molecular formula is C8H14O4S. The Labute approximate surface area is 78.6 Å². The molecule has 1 aliphatic carbocycles. The fraction of sp³-hybridized carbons (Fsp3) is 1.00. The van der Waals surface area contributed by atoms with E-state index < -0.39 is 10.4 Å². The van der Waals surface area contributed by atoms with Gasteiger partial charge in [-0.3, -0.25) is 0 Å². The molecule has 2 fully saturated rings. The molecule has 76 valence electrons. The monoisotopic (exact) mass is 206 g/mol. The van der Waals surface area contributed by atoms with Gasteiger partial charge in [-0.25, -0.2) is 8.37 Å². The predicted molar refractivity (Wildman–Crippen MR) is 46.3 cm³/mol. The highest BCUT2D eigenvalue weighted by Crippen LogP contribution is 2.32. The molecule has 5 heteroatoms. The molecule has 0 radical (unpaired) electrons. The molecule has 0 aromatic heterocycles. The zero-order valence-corrected chi connectivity index (χ0v) is 8.26. The summed E-state index contributed by atoms with van der Waals surface area (Å²) in [6.07, 6.45) is 4.52. The summed E-state index contributed by atoms with van der Waals surface area (Å²) in [5.41, 5.74) is 0. The third-order valence-electron chi connectivity index (χ3n) is 2.92. The Hall–Kier alpha value is -0.130. The van der Waals surface area contributed by atoms with Crippen molar-refractivity contribution in [3.8, 4) is 0 Å². The van der Waals surface area contributed by atoms with Crippen molar-refractivity contribution in [2.45, 2.75) is 25.7 Å². The maximum Gasteiger partial charge on any atom is 0.399 e. The molecule has 1 aliphatic heterocycles. The van der Waals surface area contributed by atoms with Gasteiger partial charge in [-0.2, -0.15) is 8.42 Å². The van der Waals surface area contributed by atoms with Gasteiger partial charge in [0, 0.05) is 0 Å². The van der Waals surface area contributed by atoms with E-state index in [0.717, 1.165) is 12.8 Å². The lowest BCUT2D eigenvalue weighted by atomic mass is 9.80. The summed E-state index contributed by atoms with van der Waals surface area (Å²) < 4.78 is 31.4. The van der Waals surface area contributed by atoms with Crippen LogP contribution in [0.5, 0.6) is 0 Å². The number of hydrogen-bond donors (Lipinski definition) is 0. The molecule has 1 saturated heterocycles. The number of rotatable bonds is 0. The summed E-state index contributed by atoms with van der Waals surface area (Å²) in [7, 11) is -3.68. The summed E-state index contributed by atoms with van der Waals surface area (Å²) >= 11 is 0. The molecular weight excluding hydrogens is 192 g/mol. The highest BCUT2D eigenvalue weighted by Gasteiger charge is 2.32. The summed E-state index contributed by atoms with van der Waals surface area (Å²) in [5, 5.41) is 0. The smallest absolute Gasteiger partial charge is 0.248 e. The van der Waals surface area contributed by atoms with E-state index in [2.05, 4.69) is 0 Å². The minimum atomic E-state index is -3.68. The standard InChI is InChI=1S/C8H14O4S/c9-13(10)11-5-7-3-1-2-4-8(7)6-12-13/h7-8H,1-6H2/t7-,8-/m0/s1. The minimum Gasteiger partial charge on any atom is -0.248 e. The average Bonchev–Trinajstić information content (AvgIpc) is 2.27. The van der Waals surface area contributed by atoms with Crippen LogP contribution in [0, 0.1) is 11.8 Å². The van der Waals surface area contributed by atoms with E-state index in [1.54, 1.807) is 0 Å². The van der Waals surface area contributed by atoms with Crippen LogP contribution in [0.2, 0.25) is 0 Å². The second-order valence-corrected chi connectivity index (χ2v) is 5.07. The fourth-order valence-electron chi connectivity index (χ4n) is 2.10. The molecule has 0 amide bonds. The van der Waals surface area contributed by atoms with Crippen LogP contribution in [0.25, 0.3) is 0 Å². The molecule has 0 bridgehead atoms. The van der Waals surface area contributed by atoms with Crippen molar-refractivity contribution in [2.75, 3.05) is 13.2 Å². The van der Waals surface area contributed by atoms with Crippen molar-refractivity contribution in [3.63, 3.8) is 0 Å². The van der Waals surface area contributed by atoms with Gasteiger partial charge in [0.15, 0.2) is 0 Å². The topological polar surface area (TPSA) is 52.6 Å². The zero-order valence-electron chi connectivity index (χ0n) is 7.44. The molecule has 2 rings (SSSR count). The molecule has 2 aliphatic rings. The highest BCUT2D eigenvalue weighted by atomic mass is 32.3. The second kappa shape index (κ2) is 3.55. The first-order chi connectivity index (χ1) is 6.17. The second-order valence-electron chi connectivity index (χ2n) is 3.78. The quantitative estimate of drug-likeness (QED) is 0.595. The number of hydrogen-bond acceptors (Lipinski definition) is 4. The van der Waals surface area contributed by atoms with Crippen LogP contribution >= 0.6 is 0 Å². The van der Waals surface area contributed by atoms with Gasteiger partial charge in [-0.1, -0.05) is 12.8 Å². The molecule has 0 spiro atoms. The van der Waals surface area contributed by atoms with Crippen molar-refractivity contribution in [2.24, 2.45) is 11.8 Å². The highest BCUT2D eigenvalue weighted by molar-refractivity contribution is 7.81. The van der Waals surface area contributed by atoms with Gasteiger partial charge in [-0.05, 0) is 24.7 Å². The van der Waals surface area contributed by atoms with Crippen LogP contribution in [-0.4, -0.2) is 21.6 Å². The Morgan fingerprint density at radius 1 is 0.923 bits per heavy atom. The van der Waals surface area contributed by atoms with E-state index in [4.69, 9.17) is 8.37 Å². The van der Waals surface area contributed by atoms with Crippen molar-refractivity contribution in [1.82, 2.24) is 0 Å². The van der Waals surface area contributed by atoms with Crippen LogP contribution in [0.4, 0.5) is 0 Å². The minimum absolute atomic E-state index is 0.312. The first-order valence-corrected chi connectivity index (χ1v) is 6.04. The summed E-state index contributed by atoms with van der Waals surface area (Å²) in [5.74, 6) is 0.761. The summed E-state index contributed by atoms with van der Waals surface area (Å²) in [6.45, 7) is 0.625. The molecule has 0 N–H and O–H groups in total. The van der Waals surface area contributed by atoms with Crippen LogP contribution in [0.15, 0.2) is 0 Å². The summed E-state index contributed by atoms with van der Waals surface area (Å²) in [4.78, 5) is 0. The normalized spacial score (nSPS) is 39.1. The fourth-order valence-corrected chi connectivity index (χ4v) is 2.85. The molecule has 0 aromatic carbocycles. The van der Waals surface area contributed by atoms with Gasteiger partial charge in [0.05, 0.1) is 13.2 Å². The van der Waals surface area contributed by atoms with Crippen molar-refractivity contribution >= 4 is 10.4 Å². The van der Waals surface area contributed by atoms with Crippen LogP contribution in [0.3, 0.4) is 0 Å². The lowest BCUT2D eigenvalue weighted by Crippen LogP contribution is -2.24. The van der Waals surface area contributed by atoms with E-state index in [-0.39, 0.29) is 0 Å². The third kappa shape index (κ3) is 2.21. The predicted octanol–water partition coefficient (Wildman–Crippen LogP) is 1.08. The Morgan fingerprint density at radius 2 is 1.38 bits per heavy atom. The zero-order chi connectivity index (χ0) is 9.31. The van der Waals surface area contributed by atoms with E-state index in [1.807, 2.05) is 0 Å². The lowest BCUT2D eigenvalue weighted by molar-refractivity contribution is 0.156. The Bertz CT molecular complexity index is 250. The first kappa shape index (κ1) is 9.43. The molecule has 1 saturated carbocycles. The van der Waals surface area contributed by atoms with Crippen molar-refractivity contribution < 1.29 is 16.8 Å². The first-order valence-electron chi connectivity index (χ1n) is 4.71. The molecule has 0 unspecified atom stereocenters. The Morgan fingerprint density at radius 3 is 1.85 bits per heavy atom. The van der Waals surface area contributed by atoms with E-state index in [9.17, 15) is 8.42 Å².